The van der Waals surface area contributed by atoms with E-state index in [0.29, 0.717) is 30.0 Å². The van der Waals surface area contributed by atoms with E-state index in [0.717, 1.165) is 16.3 Å². The van der Waals surface area contributed by atoms with Crippen LogP contribution >= 0.6 is 11.3 Å². The molecule has 0 unspecified atom stereocenters. The highest BCUT2D eigenvalue weighted by molar-refractivity contribution is 7.09. The van der Waals surface area contributed by atoms with E-state index in [1.807, 2.05) is 18.4 Å². The zero-order valence-electron chi connectivity index (χ0n) is 14.8. The molecule has 2 amide bonds. The lowest BCUT2D eigenvalue weighted by Crippen LogP contribution is -2.23. The average Bonchev–Trinajstić information content (AvgIpc) is 3.10. The predicted octanol–water partition coefficient (Wildman–Crippen LogP) is 3.06. The van der Waals surface area contributed by atoms with Crippen LogP contribution in [0.5, 0.6) is 5.75 Å². The summed E-state index contributed by atoms with van der Waals surface area (Å²) < 4.78 is 5.71. The van der Waals surface area contributed by atoms with E-state index in [1.54, 1.807) is 53.8 Å². The Morgan fingerprint density at radius 1 is 1.15 bits per heavy atom. The predicted molar refractivity (Wildman–Crippen MR) is 104 cm³/mol. The van der Waals surface area contributed by atoms with Crippen molar-refractivity contribution >= 4 is 23.2 Å². The van der Waals surface area contributed by atoms with Gasteiger partial charge in [-0.1, -0.05) is 18.2 Å². The molecule has 0 aliphatic heterocycles. The molecule has 0 spiro atoms. The van der Waals surface area contributed by atoms with Gasteiger partial charge in [-0.2, -0.15) is 0 Å². The molecule has 0 aliphatic rings. The van der Waals surface area contributed by atoms with Crippen LogP contribution in [0, 0.1) is 6.92 Å². The van der Waals surface area contributed by atoms with Crippen LogP contribution in [0.2, 0.25) is 0 Å². The second-order valence-corrected chi connectivity index (χ2v) is 6.98. The van der Waals surface area contributed by atoms with Gasteiger partial charge in [-0.05, 0) is 42.8 Å². The van der Waals surface area contributed by atoms with Crippen molar-refractivity contribution < 1.29 is 14.3 Å². The van der Waals surface area contributed by atoms with E-state index >= 15 is 0 Å². The van der Waals surface area contributed by atoms with Crippen LogP contribution in [-0.4, -0.2) is 16.8 Å². The van der Waals surface area contributed by atoms with Crippen molar-refractivity contribution in [3.63, 3.8) is 0 Å². The molecule has 3 aromatic rings. The van der Waals surface area contributed by atoms with Gasteiger partial charge >= 0.3 is 0 Å². The summed E-state index contributed by atoms with van der Waals surface area (Å²) in [5, 5.41) is 5.77. The molecule has 7 heteroatoms. The number of nitrogens with one attached hydrogen (secondary N) is 1. The molecule has 0 atom stereocenters. The van der Waals surface area contributed by atoms with Gasteiger partial charge in [-0.3, -0.25) is 9.59 Å². The Hall–Kier alpha value is -3.19. The largest absolute Gasteiger partial charge is 0.487 e. The smallest absolute Gasteiger partial charge is 0.251 e. The molecule has 1 heterocycles. The first-order chi connectivity index (χ1) is 13.0. The number of aromatic nitrogens is 1. The first-order valence-electron chi connectivity index (χ1n) is 8.32. The number of primary amides is 1. The number of hydrogen-bond donors (Lipinski definition) is 2. The minimum absolute atomic E-state index is 0.227. The summed E-state index contributed by atoms with van der Waals surface area (Å²) >= 11 is 1.57. The normalized spacial score (nSPS) is 10.4. The van der Waals surface area contributed by atoms with Crippen molar-refractivity contribution in [3.8, 4) is 5.75 Å². The lowest BCUT2D eigenvalue weighted by atomic mass is 10.1. The van der Waals surface area contributed by atoms with Crippen LogP contribution in [0.15, 0.2) is 53.9 Å². The number of nitrogens with zero attached hydrogens (tertiary/aromatic N) is 1. The maximum absolute atomic E-state index is 12.4. The maximum Gasteiger partial charge on any atom is 0.251 e. The Morgan fingerprint density at radius 2 is 1.93 bits per heavy atom. The van der Waals surface area contributed by atoms with E-state index in [-0.39, 0.29) is 5.91 Å². The van der Waals surface area contributed by atoms with Gasteiger partial charge in [-0.15, -0.1) is 11.3 Å². The zero-order chi connectivity index (χ0) is 19.2. The van der Waals surface area contributed by atoms with Gasteiger partial charge in [-0.25, -0.2) is 4.98 Å². The molecular weight excluding hydrogens is 362 g/mol. The van der Waals surface area contributed by atoms with Crippen LogP contribution in [0.25, 0.3) is 0 Å². The fraction of sp³-hybridized carbons (Fsp3) is 0.150. The molecular formula is C20H19N3O3S. The van der Waals surface area contributed by atoms with Crippen LogP contribution in [0.3, 0.4) is 0 Å². The topological polar surface area (TPSA) is 94.3 Å². The number of nitrogens with two attached hydrogens (primary N) is 1. The quantitative estimate of drug-likeness (QED) is 0.658. The highest BCUT2D eigenvalue weighted by Crippen LogP contribution is 2.16. The first kappa shape index (κ1) is 18.6. The lowest BCUT2D eigenvalue weighted by molar-refractivity contribution is 0.0949. The number of hydrogen-bond acceptors (Lipinski definition) is 5. The number of carbonyl (C=O) groups is 2. The van der Waals surface area contributed by atoms with Crippen LogP contribution in [0.1, 0.15) is 37.0 Å². The molecule has 0 saturated carbocycles. The van der Waals surface area contributed by atoms with Gasteiger partial charge in [0.1, 0.15) is 12.4 Å². The van der Waals surface area contributed by atoms with E-state index in [2.05, 4.69) is 10.3 Å². The summed E-state index contributed by atoms with van der Waals surface area (Å²) in [5.41, 5.74) is 7.84. The highest BCUT2D eigenvalue weighted by atomic mass is 32.1. The fourth-order valence-corrected chi connectivity index (χ4v) is 3.08. The standard InChI is InChI=1S/C20H19N3O3S/c1-13-23-17(12-27-13)11-26-18-7-3-6-16(9-18)20(25)22-10-14-4-2-5-15(8-14)19(21)24/h2-9,12H,10-11H2,1H3,(H2,21,24)(H,22,25). The van der Waals surface area contributed by atoms with Gasteiger partial charge in [0, 0.05) is 23.1 Å². The molecule has 1 aromatic heterocycles. The monoisotopic (exact) mass is 381 g/mol. The summed E-state index contributed by atoms with van der Waals surface area (Å²) in [5.74, 6) is -0.123. The molecule has 0 saturated heterocycles. The third kappa shape index (κ3) is 5.15. The van der Waals surface area contributed by atoms with Crippen molar-refractivity contribution in [1.29, 1.82) is 0 Å². The van der Waals surface area contributed by atoms with Gasteiger partial charge < -0.3 is 15.8 Å². The lowest BCUT2D eigenvalue weighted by Gasteiger charge is -2.09. The third-order valence-electron chi connectivity index (χ3n) is 3.81. The summed E-state index contributed by atoms with van der Waals surface area (Å²) in [6, 6.07) is 13.8. The van der Waals surface area contributed by atoms with Gasteiger partial charge in [0.2, 0.25) is 5.91 Å². The number of amides is 2. The number of rotatable bonds is 7. The Balaban J connectivity index is 1.59. The molecule has 27 heavy (non-hydrogen) atoms. The molecule has 0 fully saturated rings. The Labute approximate surface area is 161 Å². The number of ether oxygens (including phenoxy) is 1. The molecule has 2 aromatic carbocycles. The molecule has 0 radical (unpaired) electrons. The molecule has 3 N–H and O–H groups in total. The van der Waals surface area contributed by atoms with Crippen LogP contribution in [0.4, 0.5) is 0 Å². The minimum atomic E-state index is -0.497. The summed E-state index contributed by atoms with van der Waals surface area (Å²) in [6.07, 6.45) is 0. The first-order valence-corrected chi connectivity index (χ1v) is 9.20. The van der Waals surface area contributed by atoms with Crippen molar-refractivity contribution in [2.24, 2.45) is 5.73 Å². The van der Waals surface area contributed by atoms with E-state index in [9.17, 15) is 9.59 Å². The molecule has 138 valence electrons. The van der Waals surface area contributed by atoms with Crippen molar-refractivity contribution in [3.05, 3.63) is 81.3 Å². The summed E-state index contributed by atoms with van der Waals surface area (Å²) in [6.45, 7) is 2.59. The van der Waals surface area contributed by atoms with E-state index in [4.69, 9.17) is 10.5 Å². The highest BCUT2D eigenvalue weighted by Gasteiger charge is 2.08. The summed E-state index contributed by atoms with van der Waals surface area (Å²) in [7, 11) is 0. The van der Waals surface area contributed by atoms with Crippen LogP contribution < -0.4 is 15.8 Å². The number of benzene rings is 2. The van der Waals surface area contributed by atoms with E-state index in [1.165, 1.54) is 0 Å². The van der Waals surface area contributed by atoms with Crippen LogP contribution in [-0.2, 0) is 13.2 Å². The second-order valence-electron chi connectivity index (χ2n) is 5.92. The Kier molecular flexibility index (Phi) is 5.83. The third-order valence-corrected chi connectivity index (χ3v) is 4.64. The molecule has 0 bridgehead atoms. The number of thiazole rings is 1. The number of carbonyl (C=O) groups excluding carboxylic acids is 2. The van der Waals surface area contributed by atoms with Gasteiger partial charge in [0.05, 0.1) is 10.7 Å². The maximum atomic E-state index is 12.4. The Morgan fingerprint density at radius 3 is 2.67 bits per heavy atom. The molecule has 0 aliphatic carbocycles. The average molecular weight is 381 g/mol. The summed E-state index contributed by atoms with van der Waals surface area (Å²) in [4.78, 5) is 28.0. The van der Waals surface area contributed by atoms with Gasteiger partial charge in [0.15, 0.2) is 0 Å². The van der Waals surface area contributed by atoms with Crippen molar-refractivity contribution in [1.82, 2.24) is 10.3 Å². The molecule has 6 nitrogen and oxygen atoms in total. The Bertz CT molecular complexity index is 968. The van der Waals surface area contributed by atoms with Crippen molar-refractivity contribution in [2.75, 3.05) is 0 Å². The number of aryl methyl sites for hydroxylation is 1. The molecule has 3 rings (SSSR count). The van der Waals surface area contributed by atoms with Gasteiger partial charge in [0.25, 0.3) is 5.91 Å². The van der Waals surface area contributed by atoms with Crippen molar-refractivity contribution in [2.45, 2.75) is 20.1 Å². The minimum Gasteiger partial charge on any atom is -0.487 e. The second kappa shape index (κ2) is 8.46. The SMILES string of the molecule is Cc1nc(COc2cccc(C(=O)NCc3cccc(C(N)=O)c3)c2)cs1. The fourth-order valence-electron chi connectivity index (χ4n) is 2.48. The zero-order valence-corrected chi connectivity index (χ0v) is 15.6. The van der Waals surface area contributed by atoms with E-state index < -0.39 is 5.91 Å².